The topological polar surface area (TPSA) is 88.2 Å². The van der Waals surface area contributed by atoms with E-state index >= 15 is 0 Å². The maximum absolute atomic E-state index is 13.7. The molecule has 2 aliphatic rings. The van der Waals surface area contributed by atoms with E-state index in [1.165, 1.54) is 17.5 Å². The standard InChI is InChI=1S/C20H30FN3O5S/c1-28-18-6-5-17(21)14-19(18)30(26,27)24-9-2-4-16(15-24)20(25)22-7-3-8-23-10-12-29-13-11-23/h5-6,14,16H,2-4,7-13,15H2,1H3,(H,22,25)/t16-/m0/s1. The number of methoxy groups -OCH3 is 1. The number of carbonyl (C=O) groups excluding carboxylic acids is 1. The molecule has 1 amide bonds. The summed E-state index contributed by atoms with van der Waals surface area (Å²) in [5.74, 6) is -1.12. The smallest absolute Gasteiger partial charge is 0.246 e. The molecule has 30 heavy (non-hydrogen) atoms. The molecule has 0 bridgehead atoms. The van der Waals surface area contributed by atoms with Crippen molar-refractivity contribution in [1.29, 1.82) is 0 Å². The Bertz CT molecular complexity index is 830. The van der Waals surface area contributed by atoms with Gasteiger partial charge in [0.1, 0.15) is 16.5 Å². The first-order valence-electron chi connectivity index (χ1n) is 10.3. The quantitative estimate of drug-likeness (QED) is 0.605. The minimum absolute atomic E-state index is 0.0807. The van der Waals surface area contributed by atoms with Crippen LogP contribution in [0.4, 0.5) is 4.39 Å². The monoisotopic (exact) mass is 443 g/mol. The third-order valence-electron chi connectivity index (χ3n) is 5.55. The minimum Gasteiger partial charge on any atom is -0.495 e. The molecule has 0 saturated carbocycles. The van der Waals surface area contributed by atoms with Crippen LogP contribution in [0.5, 0.6) is 5.75 Å². The fourth-order valence-corrected chi connectivity index (χ4v) is 5.54. The Kier molecular flexibility index (Phi) is 8.04. The molecule has 0 aliphatic carbocycles. The highest BCUT2D eigenvalue weighted by molar-refractivity contribution is 7.89. The highest BCUT2D eigenvalue weighted by atomic mass is 32.2. The van der Waals surface area contributed by atoms with Crippen molar-refractivity contribution >= 4 is 15.9 Å². The van der Waals surface area contributed by atoms with E-state index in [1.54, 1.807) is 0 Å². The van der Waals surface area contributed by atoms with Gasteiger partial charge in [-0.3, -0.25) is 9.69 Å². The first-order valence-corrected chi connectivity index (χ1v) is 11.8. The van der Waals surface area contributed by atoms with Gasteiger partial charge in [-0.1, -0.05) is 0 Å². The summed E-state index contributed by atoms with van der Waals surface area (Å²) in [6.07, 6.45) is 2.03. The van der Waals surface area contributed by atoms with Gasteiger partial charge in [-0.25, -0.2) is 12.8 Å². The van der Waals surface area contributed by atoms with Crippen LogP contribution in [-0.2, 0) is 19.6 Å². The van der Waals surface area contributed by atoms with Crippen molar-refractivity contribution in [3.8, 4) is 5.75 Å². The van der Waals surface area contributed by atoms with Gasteiger partial charge < -0.3 is 14.8 Å². The molecule has 2 saturated heterocycles. The third-order valence-corrected chi connectivity index (χ3v) is 7.44. The van der Waals surface area contributed by atoms with Gasteiger partial charge in [0.25, 0.3) is 0 Å². The average Bonchev–Trinajstić information content (AvgIpc) is 2.77. The predicted molar refractivity (Wildman–Crippen MR) is 109 cm³/mol. The number of nitrogens with zero attached hydrogens (tertiary/aromatic N) is 2. The molecular formula is C20H30FN3O5S. The minimum atomic E-state index is -3.96. The molecule has 0 unspecified atom stereocenters. The summed E-state index contributed by atoms with van der Waals surface area (Å²) in [6.45, 7) is 5.13. The number of rotatable bonds is 8. The SMILES string of the molecule is COc1ccc(F)cc1S(=O)(=O)N1CCC[C@H](C(=O)NCCCN2CCOCC2)C1. The zero-order chi connectivity index (χ0) is 21.6. The van der Waals surface area contributed by atoms with Crippen molar-refractivity contribution in [3.63, 3.8) is 0 Å². The van der Waals surface area contributed by atoms with Crippen molar-refractivity contribution in [1.82, 2.24) is 14.5 Å². The molecule has 8 nitrogen and oxygen atoms in total. The Morgan fingerprint density at radius 2 is 2.07 bits per heavy atom. The lowest BCUT2D eigenvalue weighted by atomic mass is 9.99. The summed E-state index contributed by atoms with van der Waals surface area (Å²) in [5, 5.41) is 2.93. The van der Waals surface area contributed by atoms with E-state index in [2.05, 4.69) is 10.2 Å². The molecule has 0 spiro atoms. The molecule has 1 aromatic rings. The number of halogens is 1. The van der Waals surface area contributed by atoms with Crippen molar-refractivity contribution in [2.45, 2.75) is 24.2 Å². The molecule has 0 aromatic heterocycles. The van der Waals surface area contributed by atoms with Crippen LogP contribution in [-0.4, -0.2) is 83.1 Å². The van der Waals surface area contributed by atoms with E-state index < -0.39 is 21.8 Å². The second-order valence-electron chi connectivity index (χ2n) is 7.60. The van der Waals surface area contributed by atoms with Gasteiger partial charge in [-0.05, 0) is 44.0 Å². The summed E-state index contributed by atoms with van der Waals surface area (Å²) in [5.41, 5.74) is 0. The first kappa shape index (κ1) is 22.9. The summed E-state index contributed by atoms with van der Waals surface area (Å²) < 4.78 is 51.5. The van der Waals surface area contributed by atoms with Crippen LogP contribution < -0.4 is 10.1 Å². The third kappa shape index (κ3) is 5.69. The summed E-state index contributed by atoms with van der Waals surface area (Å²) in [4.78, 5) is 14.7. The van der Waals surface area contributed by atoms with Crippen LogP contribution in [0.3, 0.4) is 0 Å². The van der Waals surface area contributed by atoms with Crippen LogP contribution in [0.2, 0.25) is 0 Å². The zero-order valence-corrected chi connectivity index (χ0v) is 18.1. The van der Waals surface area contributed by atoms with Crippen molar-refractivity contribution < 1.29 is 27.1 Å². The van der Waals surface area contributed by atoms with E-state index in [1.807, 2.05) is 0 Å². The number of hydrogen-bond donors (Lipinski definition) is 1. The lowest BCUT2D eigenvalue weighted by Gasteiger charge is -2.31. The van der Waals surface area contributed by atoms with Crippen LogP contribution >= 0.6 is 0 Å². The molecule has 2 fully saturated rings. The molecule has 2 aliphatic heterocycles. The van der Waals surface area contributed by atoms with Gasteiger partial charge in [0.2, 0.25) is 15.9 Å². The lowest BCUT2D eigenvalue weighted by molar-refractivity contribution is -0.126. The molecule has 1 atom stereocenters. The maximum atomic E-state index is 13.7. The van der Waals surface area contributed by atoms with Crippen LogP contribution in [0.15, 0.2) is 23.1 Å². The van der Waals surface area contributed by atoms with Crippen LogP contribution in [0, 0.1) is 11.7 Å². The Balaban J connectivity index is 1.55. The van der Waals surface area contributed by atoms with E-state index in [4.69, 9.17) is 9.47 Å². The van der Waals surface area contributed by atoms with E-state index in [0.29, 0.717) is 25.9 Å². The Hall–Kier alpha value is -1.75. The number of piperidine rings is 1. The van der Waals surface area contributed by atoms with Crippen molar-refractivity contribution in [2.75, 3.05) is 59.6 Å². The lowest BCUT2D eigenvalue weighted by Crippen LogP contribution is -2.46. The molecule has 1 N–H and O–H groups in total. The predicted octanol–water partition coefficient (Wildman–Crippen LogP) is 1.07. The molecular weight excluding hydrogens is 413 g/mol. The van der Waals surface area contributed by atoms with Crippen molar-refractivity contribution in [3.05, 3.63) is 24.0 Å². The first-order chi connectivity index (χ1) is 14.4. The highest BCUT2D eigenvalue weighted by Gasteiger charge is 2.35. The number of nitrogens with one attached hydrogen (secondary N) is 1. The van der Waals surface area contributed by atoms with E-state index in [0.717, 1.165) is 51.4 Å². The highest BCUT2D eigenvalue weighted by Crippen LogP contribution is 2.30. The normalized spacial score (nSPS) is 21.3. The summed E-state index contributed by atoms with van der Waals surface area (Å²) >= 11 is 0. The largest absolute Gasteiger partial charge is 0.495 e. The number of carbonyl (C=O) groups is 1. The Morgan fingerprint density at radius 1 is 1.30 bits per heavy atom. The number of ether oxygens (including phenoxy) is 2. The van der Waals surface area contributed by atoms with Crippen molar-refractivity contribution in [2.24, 2.45) is 5.92 Å². The Morgan fingerprint density at radius 3 is 2.80 bits per heavy atom. The molecule has 2 heterocycles. The number of morpholine rings is 1. The molecule has 3 rings (SSSR count). The fourth-order valence-electron chi connectivity index (χ4n) is 3.85. The van der Waals surface area contributed by atoms with E-state index in [-0.39, 0.29) is 23.1 Å². The van der Waals surface area contributed by atoms with Gasteiger partial charge in [0.05, 0.1) is 26.2 Å². The number of amides is 1. The molecule has 1 aromatic carbocycles. The van der Waals surface area contributed by atoms with Gasteiger partial charge in [-0.2, -0.15) is 4.31 Å². The Labute approximate surface area is 177 Å². The second-order valence-corrected chi connectivity index (χ2v) is 9.50. The number of hydrogen-bond acceptors (Lipinski definition) is 6. The molecule has 0 radical (unpaired) electrons. The molecule has 168 valence electrons. The van der Waals surface area contributed by atoms with Gasteiger partial charge >= 0.3 is 0 Å². The number of sulfonamides is 1. The van der Waals surface area contributed by atoms with Crippen LogP contribution in [0.25, 0.3) is 0 Å². The van der Waals surface area contributed by atoms with Crippen LogP contribution in [0.1, 0.15) is 19.3 Å². The fraction of sp³-hybridized carbons (Fsp3) is 0.650. The number of benzene rings is 1. The van der Waals surface area contributed by atoms with Gasteiger partial charge in [0, 0.05) is 32.7 Å². The van der Waals surface area contributed by atoms with Gasteiger partial charge in [-0.15, -0.1) is 0 Å². The van der Waals surface area contributed by atoms with Gasteiger partial charge in [0.15, 0.2) is 0 Å². The van der Waals surface area contributed by atoms with E-state index in [9.17, 15) is 17.6 Å². The second kappa shape index (κ2) is 10.5. The summed E-state index contributed by atoms with van der Waals surface area (Å²) in [6, 6.07) is 3.41. The maximum Gasteiger partial charge on any atom is 0.246 e. The molecule has 10 heteroatoms. The zero-order valence-electron chi connectivity index (χ0n) is 17.3. The average molecular weight is 444 g/mol. The summed E-state index contributed by atoms with van der Waals surface area (Å²) in [7, 11) is -2.62.